The normalized spacial score (nSPS) is 15.2. The Morgan fingerprint density at radius 3 is 2.53 bits per heavy atom. The topological polar surface area (TPSA) is 58.1 Å². The third kappa shape index (κ3) is 8.77. The Bertz CT molecular complexity index is 827. The Morgan fingerprint density at radius 2 is 1.84 bits per heavy atom. The highest BCUT2D eigenvalue weighted by Gasteiger charge is 2.20. The van der Waals surface area contributed by atoms with Crippen molar-refractivity contribution in [2.45, 2.75) is 32.0 Å². The van der Waals surface area contributed by atoms with Gasteiger partial charge >= 0.3 is 0 Å². The van der Waals surface area contributed by atoms with E-state index < -0.39 is 0 Å². The number of nitrogens with one attached hydrogen (secondary N) is 2. The van der Waals surface area contributed by atoms with Crippen molar-refractivity contribution in [3.8, 4) is 5.75 Å². The Morgan fingerprint density at radius 1 is 1.12 bits per heavy atom. The fraction of sp³-hybridized carbons (Fsp3) is 0.458. The minimum absolute atomic E-state index is 0. The molecular formula is C24H34ClIN4O2. The lowest BCUT2D eigenvalue weighted by Crippen LogP contribution is -2.49. The predicted molar refractivity (Wildman–Crippen MR) is 142 cm³/mol. The molecule has 1 heterocycles. The summed E-state index contributed by atoms with van der Waals surface area (Å²) in [4.78, 5) is 6.84. The van der Waals surface area contributed by atoms with E-state index in [-0.39, 0.29) is 24.0 Å². The molecule has 0 unspecified atom stereocenters. The van der Waals surface area contributed by atoms with Gasteiger partial charge in [-0.1, -0.05) is 41.9 Å². The first kappa shape index (κ1) is 26.7. The van der Waals surface area contributed by atoms with Crippen LogP contribution >= 0.6 is 35.6 Å². The van der Waals surface area contributed by atoms with E-state index >= 15 is 0 Å². The number of hydrogen-bond donors (Lipinski definition) is 2. The number of rotatable bonds is 9. The van der Waals surface area contributed by atoms with E-state index in [1.54, 1.807) is 14.2 Å². The van der Waals surface area contributed by atoms with Crippen molar-refractivity contribution in [2.24, 2.45) is 4.99 Å². The number of guanidine groups is 1. The van der Waals surface area contributed by atoms with Crippen molar-refractivity contribution in [1.29, 1.82) is 0 Å². The number of para-hydroxylation sites is 1. The van der Waals surface area contributed by atoms with Crippen LogP contribution in [0, 0.1) is 0 Å². The molecule has 0 atom stereocenters. The van der Waals surface area contributed by atoms with Crippen molar-refractivity contribution < 1.29 is 9.47 Å². The van der Waals surface area contributed by atoms with Gasteiger partial charge in [0, 0.05) is 49.9 Å². The van der Waals surface area contributed by atoms with Crippen molar-refractivity contribution in [3.63, 3.8) is 0 Å². The monoisotopic (exact) mass is 572 g/mol. The number of nitrogens with zero attached hydrogens (tertiary/aromatic N) is 2. The maximum atomic E-state index is 5.98. The standard InChI is InChI=1S/C24H33ClN4O2.HI/c1-26-24(27-13-16-31-18-20-5-3-4-6-23(20)30-2)28-22-11-14-29(15-12-22)17-19-7-9-21(25)10-8-19;/h3-10,22H,11-18H2,1-2H3,(H2,26,27,28);1H. The molecule has 1 fully saturated rings. The zero-order valence-electron chi connectivity index (χ0n) is 18.9. The minimum Gasteiger partial charge on any atom is -0.496 e. The van der Waals surface area contributed by atoms with Crippen LogP contribution < -0.4 is 15.4 Å². The molecule has 6 nitrogen and oxygen atoms in total. The van der Waals surface area contributed by atoms with Gasteiger partial charge in [0.25, 0.3) is 0 Å². The summed E-state index contributed by atoms with van der Waals surface area (Å²) in [5.74, 6) is 1.69. The molecule has 1 aliphatic rings. The number of aliphatic imine (C=N–C) groups is 1. The summed E-state index contributed by atoms with van der Waals surface area (Å²) in [7, 11) is 3.49. The first-order chi connectivity index (χ1) is 15.2. The molecule has 1 aliphatic heterocycles. The maximum Gasteiger partial charge on any atom is 0.191 e. The van der Waals surface area contributed by atoms with Gasteiger partial charge in [-0.2, -0.15) is 0 Å². The van der Waals surface area contributed by atoms with Crippen LogP contribution in [0.4, 0.5) is 0 Å². The van der Waals surface area contributed by atoms with E-state index in [9.17, 15) is 0 Å². The summed E-state index contributed by atoms with van der Waals surface area (Å²) in [5, 5.41) is 7.68. The molecule has 0 spiro atoms. The molecule has 32 heavy (non-hydrogen) atoms. The van der Waals surface area contributed by atoms with Crippen LogP contribution in [0.1, 0.15) is 24.0 Å². The van der Waals surface area contributed by atoms with Gasteiger partial charge in [-0.15, -0.1) is 24.0 Å². The van der Waals surface area contributed by atoms with Crippen LogP contribution in [0.5, 0.6) is 5.75 Å². The van der Waals surface area contributed by atoms with E-state index in [1.165, 1.54) is 5.56 Å². The summed E-state index contributed by atoms with van der Waals surface area (Å²) in [6.07, 6.45) is 2.19. The zero-order valence-corrected chi connectivity index (χ0v) is 21.9. The van der Waals surface area contributed by atoms with Gasteiger partial charge in [0.1, 0.15) is 5.75 Å². The molecule has 0 saturated carbocycles. The lowest BCUT2D eigenvalue weighted by Gasteiger charge is -2.33. The van der Waals surface area contributed by atoms with E-state index in [2.05, 4.69) is 32.7 Å². The minimum atomic E-state index is 0. The van der Waals surface area contributed by atoms with Crippen LogP contribution in [0.3, 0.4) is 0 Å². The number of methoxy groups -OCH3 is 1. The second kappa shape index (κ2) is 14.6. The van der Waals surface area contributed by atoms with Crippen molar-refractivity contribution in [1.82, 2.24) is 15.5 Å². The molecule has 1 saturated heterocycles. The molecule has 2 aromatic rings. The number of halogens is 2. The molecular weight excluding hydrogens is 539 g/mol. The molecule has 0 aliphatic carbocycles. The first-order valence-electron chi connectivity index (χ1n) is 10.8. The second-order valence-corrected chi connectivity index (χ2v) is 8.12. The van der Waals surface area contributed by atoms with Gasteiger partial charge in [-0.05, 0) is 36.6 Å². The van der Waals surface area contributed by atoms with Crippen LogP contribution in [0.25, 0.3) is 0 Å². The lowest BCUT2D eigenvalue weighted by atomic mass is 10.0. The summed E-state index contributed by atoms with van der Waals surface area (Å²) in [5.41, 5.74) is 2.36. The Hall–Kier alpha value is -1.55. The molecule has 2 aromatic carbocycles. The number of piperidine rings is 1. The first-order valence-corrected chi connectivity index (χ1v) is 11.2. The fourth-order valence-electron chi connectivity index (χ4n) is 3.72. The van der Waals surface area contributed by atoms with Gasteiger partial charge in [0.2, 0.25) is 0 Å². The predicted octanol–water partition coefficient (Wildman–Crippen LogP) is 4.31. The highest BCUT2D eigenvalue weighted by atomic mass is 127. The molecule has 176 valence electrons. The fourth-order valence-corrected chi connectivity index (χ4v) is 3.84. The maximum absolute atomic E-state index is 5.98. The Labute approximate surface area is 213 Å². The highest BCUT2D eigenvalue weighted by Crippen LogP contribution is 2.18. The quantitative estimate of drug-likeness (QED) is 0.203. The smallest absolute Gasteiger partial charge is 0.191 e. The van der Waals surface area contributed by atoms with Gasteiger partial charge in [-0.3, -0.25) is 9.89 Å². The van der Waals surface area contributed by atoms with Crippen LogP contribution in [0.2, 0.25) is 5.02 Å². The summed E-state index contributed by atoms with van der Waals surface area (Å²) >= 11 is 5.98. The Kier molecular flexibility index (Phi) is 12.2. The van der Waals surface area contributed by atoms with E-state index in [4.69, 9.17) is 21.1 Å². The Balaban J connectivity index is 0.00000363. The molecule has 0 bridgehead atoms. The van der Waals surface area contributed by atoms with Crippen LogP contribution in [-0.4, -0.2) is 57.3 Å². The van der Waals surface area contributed by atoms with Gasteiger partial charge < -0.3 is 20.1 Å². The van der Waals surface area contributed by atoms with Gasteiger partial charge in [0.15, 0.2) is 5.96 Å². The van der Waals surface area contributed by atoms with Crippen molar-refractivity contribution in [2.75, 3.05) is 40.4 Å². The molecule has 0 amide bonds. The average molecular weight is 573 g/mol. The van der Waals surface area contributed by atoms with E-state index in [0.29, 0.717) is 25.8 Å². The SMILES string of the molecule is CN=C(NCCOCc1ccccc1OC)NC1CCN(Cc2ccc(Cl)cc2)CC1.I. The molecule has 0 aromatic heterocycles. The third-order valence-electron chi connectivity index (χ3n) is 5.46. The van der Waals surface area contributed by atoms with Crippen molar-refractivity contribution >= 4 is 41.5 Å². The summed E-state index contributed by atoms with van der Waals surface area (Å²) in [6.45, 7) is 4.94. The number of benzene rings is 2. The average Bonchev–Trinajstić information content (AvgIpc) is 2.81. The third-order valence-corrected chi connectivity index (χ3v) is 5.71. The summed E-state index contributed by atoms with van der Waals surface area (Å²) < 4.78 is 11.1. The number of ether oxygens (including phenoxy) is 2. The van der Waals surface area contributed by atoms with Crippen molar-refractivity contribution in [3.05, 3.63) is 64.7 Å². The van der Waals surface area contributed by atoms with Gasteiger partial charge in [0.05, 0.1) is 20.3 Å². The van der Waals surface area contributed by atoms with Gasteiger partial charge in [-0.25, -0.2) is 0 Å². The molecule has 3 rings (SSSR count). The molecule has 8 heteroatoms. The summed E-state index contributed by atoms with van der Waals surface area (Å²) in [6, 6.07) is 16.5. The van der Waals surface area contributed by atoms with Crippen LogP contribution in [-0.2, 0) is 17.9 Å². The number of hydrogen-bond acceptors (Lipinski definition) is 4. The van der Waals surface area contributed by atoms with E-state index in [1.807, 2.05) is 36.4 Å². The molecule has 0 radical (unpaired) electrons. The number of likely N-dealkylation sites (tertiary alicyclic amines) is 1. The second-order valence-electron chi connectivity index (χ2n) is 7.68. The lowest BCUT2D eigenvalue weighted by molar-refractivity contribution is 0.123. The zero-order chi connectivity index (χ0) is 21.9. The van der Waals surface area contributed by atoms with Crippen LogP contribution in [0.15, 0.2) is 53.5 Å². The largest absolute Gasteiger partial charge is 0.496 e. The molecule has 2 N–H and O–H groups in total. The highest BCUT2D eigenvalue weighted by molar-refractivity contribution is 14.0. The van der Waals surface area contributed by atoms with E-state index in [0.717, 1.165) is 54.8 Å².